The summed E-state index contributed by atoms with van der Waals surface area (Å²) in [7, 11) is 0. The molecule has 0 radical (unpaired) electrons. The lowest BCUT2D eigenvalue weighted by atomic mass is 10.2. The summed E-state index contributed by atoms with van der Waals surface area (Å²) in [6.45, 7) is 2.57. The van der Waals surface area contributed by atoms with Crippen LogP contribution in [0.4, 0.5) is 0 Å². The van der Waals surface area contributed by atoms with Gasteiger partial charge in [0.1, 0.15) is 5.75 Å². The van der Waals surface area contributed by atoms with E-state index in [9.17, 15) is 4.79 Å². The minimum Gasteiger partial charge on any atom is -0.491 e. The molecular formula is C10H11ClO2. The highest BCUT2D eigenvalue weighted by atomic mass is 35.5. The van der Waals surface area contributed by atoms with Crippen LogP contribution >= 0.6 is 11.6 Å². The van der Waals surface area contributed by atoms with E-state index >= 15 is 0 Å². The standard InChI is InChI=1S/C10H11ClO2/c1-2-6-13-10-8(7-12)4-3-5-9(10)11/h3-5,7H,2,6H2,1H3. The fraction of sp³-hybridized carbons (Fsp3) is 0.300. The van der Waals surface area contributed by atoms with Crippen LogP contribution in [0.1, 0.15) is 23.7 Å². The van der Waals surface area contributed by atoms with E-state index < -0.39 is 0 Å². The van der Waals surface area contributed by atoms with Crippen LogP contribution in [0, 0.1) is 0 Å². The molecule has 0 saturated heterocycles. The summed E-state index contributed by atoms with van der Waals surface area (Å²) in [6.07, 6.45) is 1.64. The Morgan fingerprint density at radius 1 is 1.54 bits per heavy atom. The van der Waals surface area contributed by atoms with E-state index in [0.717, 1.165) is 12.7 Å². The third-order valence-corrected chi connectivity index (χ3v) is 1.87. The zero-order chi connectivity index (χ0) is 9.68. The molecule has 0 saturated carbocycles. The Bertz CT molecular complexity index is 297. The second-order valence-electron chi connectivity index (χ2n) is 2.62. The summed E-state index contributed by atoms with van der Waals surface area (Å²) in [5.41, 5.74) is 0.501. The zero-order valence-electron chi connectivity index (χ0n) is 7.42. The Balaban J connectivity index is 2.93. The normalized spacial score (nSPS) is 9.69. The van der Waals surface area contributed by atoms with Crippen molar-refractivity contribution in [1.29, 1.82) is 0 Å². The molecule has 0 amide bonds. The molecule has 13 heavy (non-hydrogen) atoms. The fourth-order valence-electron chi connectivity index (χ4n) is 0.975. The van der Waals surface area contributed by atoms with Crippen molar-refractivity contribution < 1.29 is 9.53 Å². The molecule has 0 bridgehead atoms. The van der Waals surface area contributed by atoms with Crippen molar-refractivity contribution in [2.24, 2.45) is 0 Å². The minimum absolute atomic E-state index is 0.484. The molecule has 2 nitrogen and oxygen atoms in total. The zero-order valence-corrected chi connectivity index (χ0v) is 8.17. The van der Waals surface area contributed by atoms with Crippen LogP contribution in [0.25, 0.3) is 0 Å². The summed E-state index contributed by atoms with van der Waals surface area (Å²) < 4.78 is 5.34. The van der Waals surface area contributed by atoms with Crippen molar-refractivity contribution in [3.8, 4) is 5.75 Å². The van der Waals surface area contributed by atoms with Gasteiger partial charge in [-0.05, 0) is 18.6 Å². The molecule has 0 N–H and O–H groups in total. The van der Waals surface area contributed by atoms with E-state index in [0.29, 0.717) is 22.9 Å². The van der Waals surface area contributed by atoms with Crippen LogP contribution in [0.2, 0.25) is 5.02 Å². The van der Waals surface area contributed by atoms with Gasteiger partial charge < -0.3 is 4.74 Å². The van der Waals surface area contributed by atoms with Crippen LogP contribution in [-0.2, 0) is 0 Å². The molecule has 0 spiro atoms. The average Bonchev–Trinajstić information content (AvgIpc) is 2.15. The molecular weight excluding hydrogens is 188 g/mol. The number of rotatable bonds is 4. The largest absolute Gasteiger partial charge is 0.491 e. The minimum atomic E-state index is 0.484. The Kier molecular flexibility index (Phi) is 3.77. The van der Waals surface area contributed by atoms with E-state index in [1.807, 2.05) is 6.92 Å². The molecule has 1 aromatic rings. The second-order valence-corrected chi connectivity index (χ2v) is 3.03. The van der Waals surface area contributed by atoms with Crippen molar-refractivity contribution in [3.63, 3.8) is 0 Å². The third-order valence-electron chi connectivity index (χ3n) is 1.57. The lowest BCUT2D eigenvalue weighted by Crippen LogP contribution is -1.98. The first-order valence-electron chi connectivity index (χ1n) is 4.16. The van der Waals surface area contributed by atoms with Gasteiger partial charge >= 0.3 is 0 Å². The van der Waals surface area contributed by atoms with Gasteiger partial charge in [0, 0.05) is 0 Å². The van der Waals surface area contributed by atoms with E-state index in [4.69, 9.17) is 16.3 Å². The molecule has 1 rings (SSSR count). The van der Waals surface area contributed by atoms with Gasteiger partial charge in [0.15, 0.2) is 6.29 Å². The van der Waals surface area contributed by atoms with Crippen LogP contribution in [0.15, 0.2) is 18.2 Å². The molecule has 0 atom stereocenters. The number of carbonyl (C=O) groups is 1. The maximum Gasteiger partial charge on any atom is 0.153 e. The molecule has 0 fully saturated rings. The van der Waals surface area contributed by atoms with Gasteiger partial charge in [-0.2, -0.15) is 0 Å². The summed E-state index contributed by atoms with van der Waals surface area (Å²) in [4.78, 5) is 10.6. The quantitative estimate of drug-likeness (QED) is 0.696. The number of aldehydes is 1. The van der Waals surface area contributed by atoms with Gasteiger partial charge in [-0.25, -0.2) is 0 Å². The number of benzene rings is 1. The van der Waals surface area contributed by atoms with Gasteiger partial charge in [-0.15, -0.1) is 0 Å². The second kappa shape index (κ2) is 4.87. The summed E-state index contributed by atoms with van der Waals surface area (Å²) in [5.74, 6) is 0.487. The lowest BCUT2D eigenvalue weighted by molar-refractivity contribution is 0.111. The highest BCUT2D eigenvalue weighted by Crippen LogP contribution is 2.27. The predicted molar refractivity (Wildman–Crippen MR) is 52.6 cm³/mol. The van der Waals surface area contributed by atoms with Gasteiger partial charge in [0.2, 0.25) is 0 Å². The number of hydrogen-bond acceptors (Lipinski definition) is 2. The maximum atomic E-state index is 10.6. The summed E-state index contributed by atoms with van der Waals surface area (Å²) >= 11 is 5.86. The van der Waals surface area contributed by atoms with Crippen LogP contribution in [-0.4, -0.2) is 12.9 Å². The topological polar surface area (TPSA) is 26.3 Å². The Hall–Kier alpha value is -1.02. The maximum absolute atomic E-state index is 10.6. The highest BCUT2D eigenvalue weighted by molar-refractivity contribution is 6.32. The van der Waals surface area contributed by atoms with Crippen molar-refractivity contribution in [2.75, 3.05) is 6.61 Å². The first kappa shape index (κ1) is 10.1. The monoisotopic (exact) mass is 198 g/mol. The molecule has 0 unspecified atom stereocenters. The molecule has 0 aromatic heterocycles. The first-order valence-corrected chi connectivity index (χ1v) is 4.54. The number of hydrogen-bond donors (Lipinski definition) is 0. The van der Waals surface area contributed by atoms with Crippen molar-refractivity contribution in [3.05, 3.63) is 28.8 Å². The Labute approximate surface area is 82.5 Å². The van der Waals surface area contributed by atoms with E-state index in [1.54, 1.807) is 18.2 Å². The number of para-hydroxylation sites is 1. The smallest absolute Gasteiger partial charge is 0.153 e. The lowest BCUT2D eigenvalue weighted by Gasteiger charge is -2.08. The molecule has 70 valence electrons. The van der Waals surface area contributed by atoms with Gasteiger partial charge in [0.25, 0.3) is 0 Å². The number of ether oxygens (including phenoxy) is 1. The molecule has 0 aliphatic carbocycles. The Morgan fingerprint density at radius 2 is 2.31 bits per heavy atom. The SMILES string of the molecule is CCCOc1c(Cl)cccc1C=O. The average molecular weight is 199 g/mol. The molecule has 0 aliphatic heterocycles. The van der Waals surface area contributed by atoms with Crippen molar-refractivity contribution in [1.82, 2.24) is 0 Å². The summed E-state index contributed by atoms with van der Waals surface area (Å²) in [6, 6.07) is 5.12. The molecule has 3 heteroatoms. The summed E-state index contributed by atoms with van der Waals surface area (Å²) in [5, 5.41) is 0.484. The van der Waals surface area contributed by atoms with Crippen LogP contribution in [0.5, 0.6) is 5.75 Å². The van der Waals surface area contributed by atoms with E-state index in [-0.39, 0.29) is 0 Å². The molecule has 0 heterocycles. The van der Waals surface area contributed by atoms with Gasteiger partial charge in [-0.3, -0.25) is 4.79 Å². The fourth-order valence-corrected chi connectivity index (χ4v) is 1.21. The van der Waals surface area contributed by atoms with E-state index in [2.05, 4.69) is 0 Å². The van der Waals surface area contributed by atoms with Crippen LogP contribution < -0.4 is 4.74 Å². The first-order chi connectivity index (χ1) is 6.29. The Morgan fingerprint density at radius 3 is 2.92 bits per heavy atom. The van der Waals surface area contributed by atoms with E-state index in [1.165, 1.54) is 0 Å². The predicted octanol–water partition coefficient (Wildman–Crippen LogP) is 2.94. The number of carbonyl (C=O) groups excluding carboxylic acids is 1. The third kappa shape index (κ3) is 2.46. The highest BCUT2D eigenvalue weighted by Gasteiger charge is 2.06. The van der Waals surface area contributed by atoms with Crippen molar-refractivity contribution in [2.45, 2.75) is 13.3 Å². The van der Waals surface area contributed by atoms with Gasteiger partial charge in [-0.1, -0.05) is 24.6 Å². The number of halogens is 1. The van der Waals surface area contributed by atoms with Crippen molar-refractivity contribution >= 4 is 17.9 Å². The van der Waals surface area contributed by atoms with Crippen LogP contribution in [0.3, 0.4) is 0 Å². The molecule has 0 aliphatic rings. The molecule has 1 aromatic carbocycles. The van der Waals surface area contributed by atoms with Gasteiger partial charge in [0.05, 0.1) is 17.2 Å².